The molecule has 4 N–H and O–H groups in total. The molecule has 0 fully saturated rings. The quantitative estimate of drug-likeness (QED) is 0.278. The van der Waals surface area contributed by atoms with E-state index < -0.39 is 16.9 Å². The highest BCUT2D eigenvalue weighted by atomic mass is 35.5. The molecule has 0 saturated carbocycles. The van der Waals surface area contributed by atoms with Gasteiger partial charge in [-0.2, -0.15) is 13.2 Å². The Labute approximate surface area is 222 Å². The first kappa shape index (κ1) is 25.8. The van der Waals surface area contributed by atoms with E-state index in [1.807, 2.05) is 41.5 Å². The fraction of sp³-hybridized carbons (Fsp3) is 0.360. The molecule has 0 amide bonds. The molecule has 1 unspecified atom stereocenters. The smallest absolute Gasteiger partial charge is 0.369 e. The molecule has 37 heavy (non-hydrogen) atoms. The number of hydrogen-bond acceptors (Lipinski definition) is 4. The number of H-pyrrole nitrogens is 1. The molecule has 1 aromatic carbocycles. The molecule has 4 aromatic rings. The van der Waals surface area contributed by atoms with Crippen molar-refractivity contribution in [2.75, 3.05) is 31.5 Å². The van der Waals surface area contributed by atoms with Gasteiger partial charge in [-0.15, -0.1) is 0 Å². The Morgan fingerprint density at radius 3 is 2.81 bits per heavy atom. The zero-order chi connectivity index (χ0) is 26.2. The van der Waals surface area contributed by atoms with Crippen LogP contribution < -0.4 is 15.6 Å². The molecule has 0 radical (unpaired) electrons. The lowest BCUT2D eigenvalue weighted by Crippen LogP contribution is -2.46. The van der Waals surface area contributed by atoms with Gasteiger partial charge in [-0.25, -0.2) is 14.1 Å². The molecule has 0 saturated heterocycles. The van der Waals surface area contributed by atoms with Gasteiger partial charge in [-0.3, -0.25) is 4.90 Å². The van der Waals surface area contributed by atoms with E-state index in [0.717, 1.165) is 36.1 Å². The van der Waals surface area contributed by atoms with Crippen molar-refractivity contribution >= 4 is 39.9 Å². The summed E-state index contributed by atoms with van der Waals surface area (Å²) in [5.41, 5.74) is 8.04. The number of halogens is 5. The lowest BCUT2D eigenvalue weighted by molar-refractivity contribution is -0.702. The van der Waals surface area contributed by atoms with Gasteiger partial charge in [-0.1, -0.05) is 23.2 Å². The van der Waals surface area contributed by atoms with Gasteiger partial charge in [0.1, 0.15) is 31.3 Å². The monoisotopic (exact) mass is 552 g/mol. The second-order valence-electron chi connectivity index (χ2n) is 9.10. The first-order chi connectivity index (χ1) is 17.7. The number of pyridine rings is 1. The molecule has 3 aromatic heterocycles. The summed E-state index contributed by atoms with van der Waals surface area (Å²) in [7, 11) is 0. The van der Waals surface area contributed by atoms with Gasteiger partial charge in [0.25, 0.3) is 0 Å². The van der Waals surface area contributed by atoms with E-state index in [1.165, 1.54) is 17.7 Å². The van der Waals surface area contributed by atoms with Gasteiger partial charge < -0.3 is 16.0 Å². The molecule has 1 atom stereocenters. The Balaban J connectivity index is 1.37. The molecule has 12 heteroatoms. The van der Waals surface area contributed by atoms with E-state index in [2.05, 4.69) is 24.8 Å². The number of anilines is 1. The van der Waals surface area contributed by atoms with Crippen LogP contribution in [0.5, 0.6) is 0 Å². The van der Waals surface area contributed by atoms with Crippen molar-refractivity contribution in [1.82, 2.24) is 19.4 Å². The highest BCUT2D eigenvalue weighted by Gasteiger charge is 2.36. The zero-order valence-corrected chi connectivity index (χ0v) is 21.4. The van der Waals surface area contributed by atoms with E-state index in [1.54, 1.807) is 0 Å². The van der Waals surface area contributed by atoms with E-state index in [9.17, 15) is 13.2 Å². The molecule has 5 rings (SSSR count). The second-order valence-corrected chi connectivity index (χ2v) is 9.94. The van der Waals surface area contributed by atoms with Crippen LogP contribution >= 0.6 is 23.2 Å². The van der Waals surface area contributed by atoms with Crippen LogP contribution in [0.4, 0.5) is 19.0 Å². The summed E-state index contributed by atoms with van der Waals surface area (Å²) >= 11 is 12.0. The number of aromatic amines is 1. The Hall–Kier alpha value is -2.79. The normalized spacial score (nSPS) is 16.3. The van der Waals surface area contributed by atoms with Crippen LogP contribution in [0.25, 0.3) is 10.9 Å². The standard InChI is InChI=1S/C25H27Cl2F3N7/c26-16-1-3-20-18(13-16)17-5-8-37(10-7-32-22-4-2-19(27)24(34-22)25(28,29)30)21(23(17)33-20)14-36-12-11-35(15-36)9-6-31/h1-4,11-13,15,21,33H,5-10,14,31H2,(H,32,34)/q+1. The fourth-order valence-electron chi connectivity index (χ4n) is 4.96. The summed E-state index contributed by atoms with van der Waals surface area (Å²) in [5.74, 6) is 0.138. The third-order valence-corrected chi connectivity index (χ3v) is 7.20. The highest BCUT2D eigenvalue weighted by Crippen LogP contribution is 2.36. The van der Waals surface area contributed by atoms with Crippen LogP contribution in [-0.4, -0.2) is 45.6 Å². The minimum atomic E-state index is -4.61. The minimum absolute atomic E-state index is 0.0272. The lowest BCUT2D eigenvalue weighted by Gasteiger charge is -2.35. The Morgan fingerprint density at radius 2 is 2.03 bits per heavy atom. The van der Waals surface area contributed by atoms with Gasteiger partial charge >= 0.3 is 6.18 Å². The van der Waals surface area contributed by atoms with Gasteiger partial charge in [0.15, 0.2) is 5.69 Å². The van der Waals surface area contributed by atoms with Crippen LogP contribution in [0.15, 0.2) is 49.1 Å². The predicted octanol–water partition coefficient (Wildman–Crippen LogP) is 4.65. The molecule has 0 aliphatic carbocycles. The molecule has 4 heterocycles. The maximum atomic E-state index is 13.2. The molecule has 0 spiro atoms. The maximum Gasteiger partial charge on any atom is 0.434 e. The van der Waals surface area contributed by atoms with E-state index >= 15 is 0 Å². The number of benzene rings is 1. The first-order valence-electron chi connectivity index (χ1n) is 12.0. The summed E-state index contributed by atoms with van der Waals surface area (Å²) < 4.78 is 43.8. The third kappa shape index (κ3) is 5.57. The average molecular weight is 553 g/mol. The number of rotatable bonds is 8. The fourth-order valence-corrected chi connectivity index (χ4v) is 5.34. The molecular weight excluding hydrogens is 526 g/mol. The number of aromatic nitrogens is 4. The van der Waals surface area contributed by atoms with E-state index in [-0.39, 0.29) is 11.9 Å². The largest absolute Gasteiger partial charge is 0.434 e. The van der Waals surface area contributed by atoms with Crippen molar-refractivity contribution in [2.24, 2.45) is 5.73 Å². The molecule has 1 aliphatic heterocycles. The maximum absolute atomic E-state index is 13.2. The number of fused-ring (bicyclic) bond motifs is 3. The van der Waals surface area contributed by atoms with Crippen molar-refractivity contribution in [2.45, 2.75) is 31.7 Å². The van der Waals surface area contributed by atoms with Crippen LogP contribution in [0.2, 0.25) is 10.0 Å². The lowest BCUT2D eigenvalue weighted by atomic mass is 9.97. The summed E-state index contributed by atoms with van der Waals surface area (Å²) in [4.78, 5) is 9.62. The molecule has 196 valence electrons. The third-order valence-electron chi connectivity index (χ3n) is 6.66. The van der Waals surface area contributed by atoms with Crippen molar-refractivity contribution in [3.05, 3.63) is 76.0 Å². The number of hydrogen-bond donors (Lipinski definition) is 3. The summed E-state index contributed by atoms with van der Waals surface area (Å²) in [5, 5.41) is 4.43. The van der Waals surface area contributed by atoms with Crippen molar-refractivity contribution in [1.29, 1.82) is 0 Å². The van der Waals surface area contributed by atoms with Crippen molar-refractivity contribution in [3.63, 3.8) is 0 Å². The number of nitrogens with two attached hydrogens (primary N) is 1. The Bertz CT molecular complexity index is 1400. The first-order valence-corrected chi connectivity index (χ1v) is 12.7. The molecule has 1 aliphatic rings. The molecule has 0 bridgehead atoms. The Kier molecular flexibility index (Phi) is 7.35. The number of nitrogens with zero attached hydrogens (tertiary/aromatic N) is 4. The zero-order valence-electron chi connectivity index (χ0n) is 19.9. The van der Waals surface area contributed by atoms with Gasteiger partial charge in [-0.05, 0) is 42.3 Å². The van der Waals surface area contributed by atoms with Crippen LogP contribution in [0, 0.1) is 0 Å². The molecule has 7 nitrogen and oxygen atoms in total. The number of imidazole rings is 1. The van der Waals surface area contributed by atoms with Gasteiger partial charge in [0.05, 0.1) is 11.1 Å². The van der Waals surface area contributed by atoms with Crippen LogP contribution in [-0.2, 0) is 25.7 Å². The van der Waals surface area contributed by atoms with Crippen molar-refractivity contribution in [3.8, 4) is 0 Å². The second kappa shape index (κ2) is 10.5. The topological polar surface area (TPSA) is 78.8 Å². The van der Waals surface area contributed by atoms with E-state index in [4.69, 9.17) is 28.9 Å². The highest BCUT2D eigenvalue weighted by molar-refractivity contribution is 6.31. The minimum Gasteiger partial charge on any atom is -0.369 e. The number of alkyl halides is 3. The van der Waals surface area contributed by atoms with Crippen LogP contribution in [0.1, 0.15) is 23.0 Å². The van der Waals surface area contributed by atoms with Crippen molar-refractivity contribution < 1.29 is 17.7 Å². The summed E-state index contributed by atoms with van der Waals surface area (Å²) in [6.07, 6.45) is 2.28. The summed E-state index contributed by atoms with van der Waals surface area (Å²) in [6, 6.07) is 8.57. The van der Waals surface area contributed by atoms with Gasteiger partial charge in [0, 0.05) is 47.8 Å². The average Bonchev–Trinajstić information content (AvgIpc) is 3.45. The van der Waals surface area contributed by atoms with Gasteiger partial charge in [0.2, 0.25) is 6.33 Å². The van der Waals surface area contributed by atoms with E-state index in [0.29, 0.717) is 31.2 Å². The summed E-state index contributed by atoms with van der Waals surface area (Å²) in [6.45, 7) is 3.80. The van der Waals surface area contributed by atoms with Crippen LogP contribution in [0.3, 0.4) is 0 Å². The Morgan fingerprint density at radius 1 is 1.19 bits per heavy atom. The number of nitrogens with one attached hydrogen (secondary N) is 2. The predicted molar refractivity (Wildman–Crippen MR) is 138 cm³/mol. The SMILES string of the molecule is NCCn1cc[n+](CC2c3[nH]c4ccc(Cl)cc4c3CCN2CCNc2ccc(Cl)c(C(F)(F)F)n2)c1. The molecular formula is C25H27Cl2F3N7+.